The first kappa shape index (κ1) is 18.7. The summed E-state index contributed by atoms with van der Waals surface area (Å²) < 4.78 is 30.6. The zero-order valence-electron chi connectivity index (χ0n) is 13.4. The summed E-state index contributed by atoms with van der Waals surface area (Å²) in [4.78, 5) is 13.0. The van der Waals surface area contributed by atoms with E-state index in [0.717, 1.165) is 8.66 Å². The number of rotatable bonds is 7. The second-order valence-corrected chi connectivity index (χ2v) is 9.87. The molecule has 1 amide bonds. The number of benzene rings is 1. The Labute approximate surface area is 162 Å². The maximum Gasteiger partial charge on any atom is 0.322 e. The van der Waals surface area contributed by atoms with Gasteiger partial charge in [-0.25, -0.2) is 8.42 Å². The Morgan fingerprint density at radius 3 is 2.62 bits per heavy atom. The van der Waals surface area contributed by atoms with Crippen LogP contribution >= 0.6 is 27.3 Å². The normalized spacial score (nSPS) is 11.4. The topological polar surface area (TPSA) is 102 Å². The predicted molar refractivity (Wildman–Crippen MR) is 102 cm³/mol. The van der Waals surface area contributed by atoms with Gasteiger partial charge in [-0.3, -0.25) is 10.1 Å². The molecule has 0 saturated carbocycles. The molecule has 7 nitrogen and oxygen atoms in total. The zero-order valence-corrected chi connectivity index (χ0v) is 16.6. The first-order valence-electron chi connectivity index (χ1n) is 7.61. The summed E-state index contributed by atoms with van der Waals surface area (Å²) in [6, 6.07) is 11.8. The molecule has 0 aliphatic heterocycles. The number of hydrogen-bond acceptors (Lipinski definition) is 7. The van der Waals surface area contributed by atoms with E-state index >= 15 is 0 Å². The highest BCUT2D eigenvalue weighted by atomic mass is 79.9. The van der Waals surface area contributed by atoms with Crippen LogP contribution in [0.25, 0.3) is 10.8 Å². The van der Waals surface area contributed by atoms with Gasteiger partial charge in [0.2, 0.25) is 5.91 Å². The molecule has 136 valence electrons. The maximum absolute atomic E-state index is 12.2. The summed E-state index contributed by atoms with van der Waals surface area (Å²) in [6.45, 7) is 0. The van der Waals surface area contributed by atoms with Crippen molar-refractivity contribution in [2.75, 3.05) is 11.1 Å². The van der Waals surface area contributed by atoms with Gasteiger partial charge in [0, 0.05) is 6.42 Å². The molecule has 3 aromatic rings. The Kier molecular flexibility index (Phi) is 5.84. The van der Waals surface area contributed by atoms with Gasteiger partial charge in [-0.1, -0.05) is 23.3 Å². The van der Waals surface area contributed by atoms with E-state index in [1.54, 1.807) is 18.2 Å². The first-order chi connectivity index (χ1) is 12.4. The fourth-order valence-corrected chi connectivity index (χ4v) is 4.79. The second-order valence-electron chi connectivity index (χ2n) is 5.30. The fourth-order valence-electron chi connectivity index (χ4n) is 2.15. The predicted octanol–water partition coefficient (Wildman–Crippen LogP) is 3.75. The van der Waals surface area contributed by atoms with Crippen LogP contribution in [0, 0.1) is 0 Å². The van der Waals surface area contributed by atoms with Crippen molar-refractivity contribution in [1.29, 1.82) is 0 Å². The van der Waals surface area contributed by atoms with Crippen molar-refractivity contribution in [3.63, 3.8) is 0 Å². The molecule has 3 rings (SSSR count). The highest BCUT2D eigenvalue weighted by Crippen LogP contribution is 2.30. The number of amides is 1. The van der Waals surface area contributed by atoms with Crippen molar-refractivity contribution in [1.82, 2.24) is 10.2 Å². The molecule has 2 heterocycles. The lowest BCUT2D eigenvalue weighted by Crippen LogP contribution is -2.14. The number of carbonyl (C=O) groups is 1. The molecular formula is C16H14BrN3O4S2. The van der Waals surface area contributed by atoms with Crippen molar-refractivity contribution < 1.29 is 17.6 Å². The molecule has 2 aromatic heterocycles. The molecule has 26 heavy (non-hydrogen) atoms. The molecule has 0 fully saturated rings. The molecule has 1 N–H and O–H groups in total. The van der Waals surface area contributed by atoms with Crippen LogP contribution in [0.15, 0.2) is 55.6 Å². The van der Waals surface area contributed by atoms with Gasteiger partial charge in [0.15, 0.2) is 9.84 Å². The molecule has 0 spiro atoms. The van der Waals surface area contributed by atoms with Gasteiger partial charge in [-0.2, -0.15) is 0 Å². The molecule has 1 aromatic carbocycles. The lowest BCUT2D eigenvalue weighted by Gasteiger charge is -2.04. The van der Waals surface area contributed by atoms with Crippen LogP contribution in [0.1, 0.15) is 12.8 Å². The second kappa shape index (κ2) is 8.11. The molecule has 0 unspecified atom stereocenters. The first-order valence-corrected chi connectivity index (χ1v) is 10.9. The van der Waals surface area contributed by atoms with E-state index in [0.29, 0.717) is 5.89 Å². The van der Waals surface area contributed by atoms with Crippen LogP contribution in [-0.2, 0) is 14.6 Å². The summed E-state index contributed by atoms with van der Waals surface area (Å²) in [7, 11) is -3.39. The van der Waals surface area contributed by atoms with Crippen LogP contribution in [0.4, 0.5) is 6.01 Å². The van der Waals surface area contributed by atoms with Crippen molar-refractivity contribution in [3.05, 3.63) is 46.3 Å². The number of hydrogen-bond donors (Lipinski definition) is 1. The SMILES string of the molecule is O=C(CCCS(=O)(=O)c1ccccc1)Nc1nnc(-c2ccc(Br)s2)o1. The van der Waals surface area contributed by atoms with Crippen LogP contribution in [-0.4, -0.2) is 30.3 Å². The minimum Gasteiger partial charge on any atom is -0.402 e. The smallest absolute Gasteiger partial charge is 0.322 e. The maximum atomic E-state index is 12.2. The summed E-state index contributed by atoms with van der Waals surface area (Å²) >= 11 is 4.78. The molecular weight excluding hydrogens is 442 g/mol. The van der Waals surface area contributed by atoms with Crippen LogP contribution in [0.5, 0.6) is 0 Å². The van der Waals surface area contributed by atoms with Gasteiger partial charge in [0.25, 0.3) is 5.89 Å². The van der Waals surface area contributed by atoms with E-state index in [1.807, 2.05) is 12.1 Å². The average molecular weight is 456 g/mol. The number of thiophene rings is 1. The number of carbonyl (C=O) groups excluding carboxylic acids is 1. The van der Waals surface area contributed by atoms with Gasteiger partial charge in [-0.15, -0.1) is 16.4 Å². The Bertz CT molecular complexity index is 999. The minimum atomic E-state index is -3.39. The third kappa shape index (κ3) is 4.77. The molecule has 0 aliphatic rings. The highest BCUT2D eigenvalue weighted by Gasteiger charge is 2.16. The Hall–Kier alpha value is -2.04. The molecule has 0 radical (unpaired) electrons. The number of sulfone groups is 1. The fraction of sp³-hybridized carbons (Fsp3) is 0.188. The molecule has 0 atom stereocenters. The number of halogens is 1. The molecule has 0 bridgehead atoms. The van der Waals surface area contributed by atoms with E-state index in [4.69, 9.17) is 4.42 Å². The standard InChI is InChI=1S/C16H14BrN3O4S2/c17-13-9-8-12(25-13)15-19-20-16(24-15)18-14(21)7-4-10-26(22,23)11-5-2-1-3-6-11/h1-3,5-6,8-9H,4,7,10H2,(H,18,20,21). The van der Waals surface area contributed by atoms with Gasteiger partial charge in [0.05, 0.1) is 19.3 Å². The monoisotopic (exact) mass is 455 g/mol. The minimum absolute atomic E-state index is 0.0135. The van der Waals surface area contributed by atoms with Crippen LogP contribution < -0.4 is 5.32 Å². The number of aromatic nitrogens is 2. The van der Waals surface area contributed by atoms with Gasteiger partial charge < -0.3 is 4.42 Å². The van der Waals surface area contributed by atoms with Crippen LogP contribution in [0.3, 0.4) is 0 Å². The van der Waals surface area contributed by atoms with Gasteiger partial charge in [0.1, 0.15) is 0 Å². The van der Waals surface area contributed by atoms with Crippen molar-refractivity contribution in [2.24, 2.45) is 0 Å². The van der Waals surface area contributed by atoms with E-state index in [1.165, 1.54) is 23.5 Å². The Morgan fingerprint density at radius 2 is 1.92 bits per heavy atom. The van der Waals surface area contributed by atoms with Crippen molar-refractivity contribution >= 4 is 49.0 Å². The Morgan fingerprint density at radius 1 is 1.15 bits per heavy atom. The zero-order chi connectivity index (χ0) is 18.6. The van der Waals surface area contributed by atoms with E-state index in [9.17, 15) is 13.2 Å². The Balaban J connectivity index is 1.51. The van der Waals surface area contributed by atoms with Crippen molar-refractivity contribution in [3.8, 4) is 10.8 Å². The van der Waals surface area contributed by atoms with E-state index in [2.05, 4.69) is 31.4 Å². The third-order valence-electron chi connectivity index (χ3n) is 3.37. The summed E-state index contributed by atoms with van der Waals surface area (Å²) in [5.41, 5.74) is 0. The number of nitrogens with zero attached hydrogens (tertiary/aromatic N) is 2. The summed E-state index contributed by atoms with van der Waals surface area (Å²) in [5, 5.41) is 10.1. The highest BCUT2D eigenvalue weighted by molar-refractivity contribution is 9.11. The average Bonchev–Trinajstić information content (AvgIpc) is 3.24. The van der Waals surface area contributed by atoms with E-state index < -0.39 is 9.84 Å². The lowest BCUT2D eigenvalue weighted by molar-refractivity contribution is -0.116. The summed E-state index contributed by atoms with van der Waals surface area (Å²) in [6.07, 6.45) is 0.232. The van der Waals surface area contributed by atoms with Crippen LogP contribution in [0.2, 0.25) is 0 Å². The molecule has 0 aliphatic carbocycles. The van der Waals surface area contributed by atoms with E-state index in [-0.39, 0.29) is 35.4 Å². The molecule has 0 saturated heterocycles. The largest absolute Gasteiger partial charge is 0.402 e. The number of nitrogens with one attached hydrogen (secondary N) is 1. The molecule has 10 heteroatoms. The van der Waals surface area contributed by atoms with Crippen molar-refractivity contribution in [2.45, 2.75) is 17.7 Å². The quantitative estimate of drug-likeness (QED) is 0.581. The lowest BCUT2D eigenvalue weighted by atomic mass is 10.3. The van der Waals surface area contributed by atoms with Gasteiger partial charge >= 0.3 is 6.01 Å². The third-order valence-corrected chi connectivity index (χ3v) is 6.80. The van der Waals surface area contributed by atoms with Gasteiger partial charge in [-0.05, 0) is 46.6 Å². The summed E-state index contributed by atoms with van der Waals surface area (Å²) in [5.74, 6) is -0.179. The number of anilines is 1.